The number of sulfonamides is 1. The Hall–Kier alpha value is -2.38. The summed E-state index contributed by atoms with van der Waals surface area (Å²) in [5, 5.41) is 2.94. The van der Waals surface area contributed by atoms with Crippen molar-refractivity contribution in [1.29, 1.82) is 0 Å². The summed E-state index contributed by atoms with van der Waals surface area (Å²) < 4.78 is 27.2. The molecule has 1 atom stereocenters. The Labute approximate surface area is 173 Å². The van der Waals surface area contributed by atoms with Gasteiger partial charge in [0.2, 0.25) is 15.9 Å². The Balaban J connectivity index is 1.61. The highest BCUT2D eigenvalue weighted by Gasteiger charge is 2.39. The van der Waals surface area contributed by atoms with Crippen LogP contribution in [0.4, 0.5) is 5.69 Å². The zero-order chi connectivity index (χ0) is 20.9. The smallest absolute Gasteiger partial charge is 0.243 e. The molecule has 1 aliphatic rings. The first-order valence-electron chi connectivity index (χ1n) is 10.1. The van der Waals surface area contributed by atoms with Gasteiger partial charge in [-0.15, -0.1) is 0 Å². The molecule has 0 aromatic heterocycles. The Morgan fingerprint density at radius 1 is 1.17 bits per heavy atom. The molecule has 1 fully saturated rings. The summed E-state index contributed by atoms with van der Waals surface area (Å²) >= 11 is 0. The van der Waals surface area contributed by atoms with Crippen molar-refractivity contribution in [3.63, 3.8) is 0 Å². The van der Waals surface area contributed by atoms with E-state index in [4.69, 9.17) is 0 Å². The van der Waals surface area contributed by atoms with E-state index in [1.807, 2.05) is 6.07 Å². The van der Waals surface area contributed by atoms with E-state index < -0.39 is 16.1 Å². The number of nitrogens with one attached hydrogen (secondary N) is 1. The highest BCUT2D eigenvalue weighted by Crippen LogP contribution is 2.26. The van der Waals surface area contributed by atoms with Crippen molar-refractivity contribution in [3.05, 3.63) is 60.2 Å². The van der Waals surface area contributed by atoms with E-state index in [9.17, 15) is 13.2 Å². The maximum atomic E-state index is 12.9. The third kappa shape index (κ3) is 4.97. The summed E-state index contributed by atoms with van der Waals surface area (Å²) in [6.07, 6.45) is 1.24. The van der Waals surface area contributed by atoms with Crippen LogP contribution in [0.5, 0.6) is 0 Å². The van der Waals surface area contributed by atoms with Gasteiger partial charge in [0, 0.05) is 31.9 Å². The van der Waals surface area contributed by atoms with Gasteiger partial charge in [0.1, 0.15) is 6.04 Å². The van der Waals surface area contributed by atoms with Gasteiger partial charge in [-0.05, 0) is 56.5 Å². The molecule has 1 heterocycles. The molecule has 1 aliphatic heterocycles. The van der Waals surface area contributed by atoms with Crippen molar-refractivity contribution in [1.82, 2.24) is 9.62 Å². The molecule has 7 heteroatoms. The average Bonchev–Trinajstić information content (AvgIpc) is 3.23. The van der Waals surface area contributed by atoms with Gasteiger partial charge in [0.05, 0.1) is 4.90 Å². The van der Waals surface area contributed by atoms with Gasteiger partial charge in [-0.2, -0.15) is 4.31 Å². The number of rotatable bonds is 8. The van der Waals surface area contributed by atoms with Gasteiger partial charge in [-0.3, -0.25) is 4.79 Å². The summed E-state index contributed by atoms with van der Waals surface area (Å²) in [5.41, 5.74) is 2.31. The number of carbonyl (C=O) groups excluding carboxylic acids is 1. The number of nitrogens with zero attached hydrogens (tertiary/aromatic N) is 2. The van der Waals surface area contributed by atoms with Gasteiger partial charge in [-0.1, -0.05) is 30.3 Å². The minimum Gasteiger partial charge on any atom is -0.370 e. The third-order valence-electron chi connectivity index (χ3n) is 5.29. The van der Waals surface area contributed by atoms with Gasteiger partial charge in [0.15, 0.2) is 0 Å². The van der Waals surface area contributed by atoms with E-state index >= 15 is 0 Å². The maximum absolute atomic E-state index is 12.9. The van der Waals surface area contributed by atoms with Crippen LogP contribution in [-0.4, -0.2) is 50.9 Å². The van der Waals surface area contributed by atoms with E-state index in [1.165, 1.54) is 9.87 Å². The van der Waals surface area contributed by atoms with E-state index in [0.29, 0.717) is 32.5 Å². The lowest BCUT2D eigenvalue weighted by Gasteiger charge is -2.26. The molecule has 0 aliphatic carbocycles. The zero-order valence-electron chi connectivity index (χ0n) is 17.0. The molecule has 3 rings (SSSR count). The molecule has 1 amide bonds. The lowest BCUT2D eigenvalue weighted by molar-refractivity contribution is -0.124. The number of hydrogen-bond donors (Lipinski definition) is 1. The number of likely N-dealkylation sites (N-methyl/N-ethyl adjacent to an activating group) is 1. The summed E-state index contributed by atoms with van der Waals surface area (Å²) in [6.45, 7) is 6.48. The van der Waals surface area contributed by atoms with Crippen LogP contribution < -0.4 is 10.2 Å². The van der Waals surface area contributed by atoms with Crippen molar-refractivity contribution in [2.24, 2.45) is 0 Å². The highest BCUT2D eigenvalue weighted by atomic mass is 32.2. The molecular weight excluding hydrogens is 386 g/mol. The van der Waals surface area contributed by atoms with Crippen LogP contribution in [0.2, 0.25) is 0 Å². The minimum absolute atomic E-state index is 0.220. The van der Waals surface area contributed by atoms with Crippen molar-refractivity contribution in [3.8, 4) is 0 Å². The normalized spacial score (nSPS) is 17.2. The Morgan fingerprint density at radius 3 is 2.62 bits per heavy atom. The van der Waals surface area contributed by atoms with Crippen LogP contribution in [0.1, 0.15) is 25.3 Å². The topological polar surface area (TPSA) is 69.7 Å². The van der Waals surface area contributed by atoms with E-state index in [-0.39, 0.29) is 10.8 Å². The summed E-state index contributed by atoms with van der Waals surface area (Å²) in [6, 6.07) is 15.9. The largest absolute Gasteiger partial charge is 0.370 e. The molecule has 1 N–H and O–H groups in total. The molecular formula is C22H29N3O3S. The molecule has 0 spiro atoms. The molecule has 0 radical (unpaired) electrons. The average molecular weight is 416 g/mol. The minimum atomic E-state index is -3.66. The fraction of sp³-hybridized carbons (Fsp3) is 0.409. The van der Waals surface area contributed by atoms with Gasteiger partial charge < -0.3 is 10.2 Å². The second kappa shape index (κ2) is 9.41. The van der Waals surface area contributed by atoms with E-state index in [1.54, 1.807) is 30.3 Å². The lowest BCUT2D eigenvalue weighted by Crippen LogP contribution is -2.47. The molecule has 2 aromatic rings. The number of amides is 1. The summed E-state index contributed by atoms with van der Waals surface area (Å²) in [7, 11) is -3.66. The fourth-order valence-electron chi connectivity index (χ4n) is 3.74. The molecule has 1 saturated heterocycles. The fourth-order valence-corrected chi connectivity index (χ4v) is 5.42. The molecule has 29 heavy (non-hydrogen) atoms. The summed E-state index contributed by atoms with van der Waals surface area (Å²) in [4.78, 5) is 15.2. The van der Waals surface area contributed by atoms with Crippen molar-refractivity contribution in [2.45, 2.75) is 37.6 Å². The predicted octanol–water partition coefficient (Wildman–Crippen LogP) is 2.79. The van der Waals surface area contributed by atoms with Crippen LogP contribution in [0.15, 0.2) is 59.5 Å². The van der Waals surface area contributed by atoms with Gasteiger partial charge >= 0.3 is 0 Å². The van der Waals surface area contributed by atoms with Crippen LogP contribution in [0.3, 0.4) is 0 Å². The third-order valence-corrected chi connectivity index (χ3v) is 7.21. The lowest BCUT2D eigenvalue weighted by atomic mass is 10.2. The van der Waals surface area contributed by atoms with Crippen molar-refractivity contribution < 1.29 is 13.2 Å². The van der Waals surface area contributed by atoms with Crippen molar-refractivity contribution in [2.75, 3.05) is 31.1 Å². The maximum Gasteiger partial charge on any atom is 0.243 e. The van der Waals surface area contributed by atoms with Crippen LogP contribution in [0.25, 0.3) is 0 Å². The van der Waals surface area contributed by atoms with Crippen LogP contribution in [-0.2, 0) is 14.8 Å². The monoisotopic (exact) mass is 415 g/mol. The number of anilines is 1. The van der Waals surface area contributed by atoms with Crippen molar-refractivity contribution >= 4 is 21.6 Å². The summed E-state index contributed by atoms with van der Waals surface area (Å²) in [5.74, 6) is -0.220. The quantitative estimate of drug-likeness (QED) is 0.720. The molecule has 0 bridgehead atoms. The molecule has 156 valence electrons. The van der Waals surface area contributed by atoms with Crippen LogP contribution >= 0.6 is 0 Å². The first-order valence-corrected chi connectivity index (χ1v) is 11.5. The first kappa shape index (κ1) is 21.3. The number of aryl methyl sites for hydroxylation is 1. The highest BCUT2D eigenvalue weighted by molar-refractivity contribution is 7.89. The second-order valence-electron chi connectivity index (χ2n) is 7.30. The molecule has 2 aromatic carbocycles. The number of benzene rings is 2. The predicted molar refractivity (Wildman–Crippen MR) is 115 cm³/mol. The zero-order valence-corrected chi connectivity index (χ0v) is 17.9. The SMILES string of the molecule is CCN(CCNC(=O)C1CCCN1S(=O)(=O)c1ccccc1)c1cccc(C)c1. The van der Waals surface area contributed by atoms with E-state index in [2.05, 4.69) is 42.3 Å². The van der Waals surface area contributed by atoms with Gasteiger partial charge in [0.25, 0.3) is 0 Å². The second-order valence-corrected chi connectivity index (χ2v) is 9.19. The Kier molecular flexibility index (Phi) is 6.92. The molecule has 1 unspecified atom stereocenters. The Bertz CT molecular complexity index is 931. The Morgan fingerprint density at radius 2 is 1.93 bits per heavy atom. The first-order chi connectivity index (χ1) is 13.9. The van der Waals surface area contributed by atoms with E-state index in [0.717, 1.165) is 12.2 Å². The van der Waals surface area contributed by atoms with Crippen LogP contribution in [0, 0.1) is 6.92 Å². The standard InChI is InChI=1S/C22H29N3O3S/c1-3-24(19-10-7-9-18(2)17-19)16-14-23-22(26)21-13-8-15-25(21)29(27,28)20-11-5-4-6-12-20/h4-7,9-12,17,21H,3,8,13-16H2,1-2H3,(H,23,26). The van der Waals surface area contributed by atoms with Gasteiger partial charge in [-0.25, -0.2) is 8.42 Å². The molecule has 6 nitrogen and oxygen atoms in total. The molecule has 0 saturated carbocycles. The number of carbonyl (C=O) groups is 1. The number of hydrogen-bond acceptors (Lipinski definition) is 4.